The molecule has 24 heavy (non-hydrogen) atoms. The lowest BCUT2D eigenvalue weighted by Crippen LogP contribution is -2.14. The predicted octanol–water partition coefficient (Wildman–Crippen LogP) is 3.19. The van der Waals surface area contributed by atoms with Gasteiger partial charge in [0.05, 0.1) is 29.5 Å². The summed E-state index contributed by atoms with van der Waals surface area (Å²) in [5.74, 6) is -0.138. The number of benzene rings is 2. The molecule has 1 N–H and O–H groups in total. The highest BCUT2D eigenvalue weighted by Crippen LogP contribution is 2.19. The molecule has 1 amide bonds. The van der Waals surface area contributed by atoms with Gasteiger partial charge in [0.2, 0.25) is 5.91 Å². The second-order valence-corrected chi connectivity index (χ2v) is 5.38. The van der Waals surface area contributed by atoms with E-state index in [0.29, 0.717) is 5.69 Å². The Kier molecular flexibility index (Phi) is 3.55. The Bertz CT molecular complexity index is 972. The minimum absolute atomic E-state index is 0.138. The predicted molar refractivity (Wildman–Crippen MR) is 89.9 cm³/mol. The van der Waals surface area contributed by atoms with E-state index in [1.54, 1.807) is 6.07 Å². The van der Waals surface area contributed by atoms with Crippen LogP contribution in [0, 0.1) is 0 Å². The van der Waals surface area contributed by atoms with Crippen molar-refractivity contribution in [3.63, 3.8) is 0 Å². The quantitative estimate of drug-likeness (QED) is 0.627. The molecule has 2 aromatic heterocycles. The first-order valence-electron chi connectivity index (χ1n) is 7.52. The molecule has 6 heteroatoms. The minimum Gasteiger partial charge on any atom is -0.364 e. The molecule has 0 saturated heterocycles. The van der Waals surface area contributed by atoms with Crippen LogP contribution in [0.25, 0.3) is 16.6 Å². The molecule has 0 radical (unpaired) electrons. The van der Waals surface area contributed by atoms with Gasteiger partial charge in [-0.3, -0.25) is 4.79 Å². The molecule has 4 rings (SSSR count). The third kappa shape index (κ3) is 2.77. The van der Waals surface area contributed by atoms with Crippen LogP contribution in [-0.2, 0) is 11.2 Å². The average molecular weight is 318 g/mol. The summed E-state index contributed by atoms with van der Waals surface area (Å²) in [5.41, 5.74) is 3.31. The standard InChI is InChI=1S/C18H14N4O2/c23-18(11-15-9-10-24-21-15)20-14-5-7-16(8-6-14)22-17-4-2-1-3-13(17)12-19-22/h1-10,12H,11H2,(H,20,23). The second-order valence-electron chi connectivity index (χ2n) is 5.38. The smallest absolute Gasteiger partial charge is 0.230 e. The SMILES string of the molecule is O=C(Cc1ccon1)Nc1ccc(-n2ncc3ccccc32)cc1. The van der Waals surface area contributed by atoms with E-state index in [9.17, 15) is 4.79 Å². The minimum atomic E-state index is -0.138. The lowest BCUT2D eigenvalue weighted by atomic mass is 10.2. The van der Waals surface area contributed by atoms with Gasteiger partial charge in [0.25, 0.3) is 0 Å². The van der Waals surface area contributed by atoms with Gasteiger partial charge in [0, 0.05) is 17.1 Å². The molecule has 0 unspecified atom stereocenters. The lowest BCUT2D eigenvalue weighted by Gasteiger charge is -2.07. The maximum atomic E-state index is 12.0. The third-order valence-electron chi connectivity index (χ3n) is 3.71. The normalized spacial score (nSPS) is 10.8. The molecule has 0 aliphatic rings. The molecule has 4 aromatic rings. The fraction of sp³-hybridized carbons (Fsp3) is 0.0556. The van der Waals surface area contributed by atoms with Gasteiger partial charge < -0.3 is 9.84 Å². The topological polar surface area (TPSA) is 73.0 Å². The lowest BCUT2D eigenvalue weighted by molar-refractivity contribution is -0.115. The summed E-state index contributed by atoms with van der Waals surface area (Å²) < 4.78 is 6.59. The highest BCUT2D eigenvalue weighted by atomic mass is 16.5. The molecule has 118 valence electrons. The molecular weight excluding hydrogens is 304 g/mol. The van der Waals surface area contributed by atoms with Crippen molar-refractivity contribution in [3.05, 3.63) is 72.8 Å². The highest BCUT2D eigenvalue weighted by molar-refractivity contribution is 5.92. The number of carbonyl (C=O) groups is 1. The van der Waals surface area contributed by atoms with E-state index in [1.807, 2.05) is 59.4 Å². The van der Waals surface area contributed by atoms with Crippen LogP contribution in [0.4, 0.5) is 5.69 Å². The molecule has 6 nitrogen and oxygen atoms in total. The van der Waals surface area contributed by atoms with Gasteiger partial charge >= 0.3 is 0 Å². The molecule has 0 atom stereocenters. The Hall–Kier alpha value is -3.41. The number of fused-ring (bicyclic) bond motifs is 1. The first kappa shape index (κ1) is 14.2. The highest BCUT2D eigenvalue weighted by Gasteiger charge is 2.08. The molecule has 2 heterocycles. The van der Waals surface area contributed by atoms with E-state index >= 15 is 0 Å². The fourth-order valence-electron chi connectivity index (χ4n) is 2.56. The van der Waals surface area contributed by atoms with Crippen molar-refractivity contribution < 1.29 is 9.32 Å². The number of para-hydroxylation sites is 1. The zero-order valence-corrected chi connectivity index (χ0v) is 12.7. The third-order valence-corrected chi connectivity index (χ3v) is 3.71. The summed E-state index contributed by atoms with van der Waals surface area (Å²) in [6, 6.07) is 17.2. The molecule has 0 bridgehead atoms. The number of carbonyl (C=O) groups excluding carboxylic acids is 1. The van der Waals surface area contributed by atoms with Crippen LogP contribution in [0.2, 0.25) is 0 Å². The van der Waals surface area contributed by atoms with Crippen molar-refractivity contribution in [2.45, 2.75) is 6.42 Å². The van der Waals surface area contributed by atoms with E-state index in [1.165, 1.54) is 6.26 Å². The zero-order chi connectivity index (χ0) is 16.4. The molecule has 0 fully saturated rings. The Balaban J connectivity index is 1.51. The van der Waals surface area contributed by atoms with Crippen LogP contribution in [0.15, 0.2) is 71.6 Å². The van der Waals surface area contributed by atoms with E-state index in [0.717, 1.165) is 22.3 Å². The molecule has 0 saturated carbocycles. The van der Waals surface area contributed by atoms with Crippen LogP contribution < -0.4 is 5.32 Å². The van der Waals surface area contributed by atoms with Crippen molar-refractivity contribution in [2.75, 3.05) is 5.32 Å². The summed E-state index contributed by atoms with van der Waals surface area (Å²) in [5, 5.41) is 12.1. The van der Waals surface area contributed by atoms with Gasteiger partial charge in [-0.05, 0) is 30.3 Å². The molecule has 2 aromatic carbocycles. The Morgan fingerprint density at radius 2 is 1.92 bits per heavy atom. The largest absolute Gasteiger partial charge is 0.364 e. The maximum Gasteiger partial charge on any atom is 0.230 e. The Morgan fingerprint density at radius 3 is 2.71 bits per heavy atom. The van der Waals surface area contributed by atoms with Gasteiger partial charge in [-0.2, -0.15) is 5.10 Å². The van der Waals surface area contributed by atoms with Crippen molar-refractivity contribution in [1.29, 1.82) is 0 Å². The second kappa shape index (κ2) is 6.00. The fourth-order valence-corrected chi connectivity index (χ4v) is 2.56. The van der Waals surface area contributed by atoms with Crippen molar-refractivity contribution in [3.8, 4) is 5.69 Å². The van der Waals surface area contributed by atoms with E-state index in [-0.39, 0.29) is 12.3 Å². The van der Waals surface area contributed by atoms with Crippen molar-refractivity contribution in [2.24, 2.45) is 0 Å². The zero-order valence-electron chi connectivity index (χ0n) is 12.7. The molecule has 0 aliphatic heterocycles. The van der Waals surface area contributed by atoms with Crippen LogP contribution in [0.1, 0.15) is 5.69 Å². The number of hydrogen-bond acceptors (Lipinski definition) is 4. The Morgan fingerprint density at radius 1 is 1.08 bits per heavy atom. The first-order chi connectivity index (χ1) is 11.8. The average Bonchev–Trinajstić information content (AvgIpc) is 3.25. The summed E-state index contributed by atoms with van der Waals surface area (Å²) in [6.07, 6.45) is 3.47. The van der Waals surface area contributed by atoms with Crippen LogP contribution in [0.5, 0.6) is 0 Å². The number of amides is 1. The van der Waals surface area contributed by atoms with Crippen LogP contribution >= 0.6 is 0 Å². The van der Waals surface area contributed by atoms with Gasteiger partial charge in [0.1, 0.15) is 6.26 Å². The van der Waals surface area contributed by atoms with E-state index in [4.69, 9.17) is 4.52 Å². The molecular formula is C18H14N4O2. The summed E-state index contributed by atoms with van der Waals surface area (Å²) in [4.78, 5) is 12.0. The van der Waals surface area contributed by atoms with Crippen LogP contribution in [0.3, 0.4) is 0 Å². The van der Waals surface area contributed by atoms with E-state index < -0.39 is 0 Å². The van der Waals surface area contributed by atoms with E-state index in [2.05, 4.69) is 15.6 Å². The monoisotopic (exact) mass is 318 g/mol. The number of nitrogens with one attached hydrogen (secondary N) is 1. The number of rotatable bonds is 4. The first-order valence-corrected chi connectivity index (χ1v) is 7.52. The van der Waals surface area contributed by atoms with Gasteiger partial charge in [-0.1, -0.05) is 23.4 Å². The number of hydrogen-bond donors (Lipinski definition) is 1. The molecule has 0 spiro atoms. The number of anilines is 1. The van der Waals surface area contributed by atoms with Gasteiger partial charge in [-0.25, -0.2) is 4.68 Å². The summed E-state index contributed by atoms with van der Waals surface area (Å²) in [7, 11) is 0. The van der Waals surface area contributed by atoms with Crippen molar-refractivity contribution in [1.82, 2.24) is 14.9 Å². The maximum absolute atomic E-state index is 12.0. The summed E-state index contributed by atoms with van der Waals surface area (Å²) in [6.45, 7) is 0. The van der Waals surface area contributed by atoms with Crippen LogP contribution in [-0.4, -0.2) is 20.8 Å². The van der Waals surface area contributed by atoms with Gasteiger partial charge in [0.15, 0.2) is 0 Å². The van der Waals surface area contributed by atoms with Gasteiger partial charge in [-0.15, -0.1) is 0 Å². The summed E-state index contributed by atoms with van der Waals surface area (Å²) >= 11 is 0. The number of nitrogens with zero attached hydrogens (tertiary/aromatic N) is 3. The van der Waals surface area contributed by atoms with Crippen molar-refractivity contribution >= 4 is 22.5 Å². The Labute approximate surface area is 137 Å². The molecule has 0 aliphatic carbocycles. The number of aromatic nitrogens is 3.